The molecule has 0 fully saturated rings. The van der Waals surface area contributed by atoms with Crippen LogP contribution in [0.25, 0.3) is 5.69 Å². The lowest BCUT2D eigenvalue weighted by molar-refractivity contribution is 0.108. The van der Waals surface area contributed by atoms with Crippen molar-refractivity contribution in [3.63, 3.8) is 0 Å². The Morgan fingerprint density at radius 1 is 1.31 bits per heavy atom. The average molecular weight is 355 g/mol. The van der Waals surface area contributed by atoms with Crippen molar-refractivity contribution in [1.29, 1.82) is 0 Å². The van der Waals surface area contributed by atoms with Crippen LogP contribution in [0.4, 0.5) is 4.39 Å². The number of imidazole rings is 1. The maximum atomic E-state index is 14.5. The van der Waals surface area contributed by atoms with E-state index in [1.807, 2.05) is 24.7 Å². The van der Waals surface area contributed by atoms with E-state index in [-0.39, 0.29) is 5.82 Å². The molecule has 0 aliphatic carbocycles. The van der Waals surface area contributed by atoms with Gasteiger partial charge in [-0.25, -0.2) is 9.37 Å². The first kappa shape index (κ1) is 16.9. The van der Waals surface area contributed by atoms with Gasteiger partial charge in [0.2, 0.25) is 0 Å². The number of hydrogen-bond donors (Lipinski definition) is 1. The van der Waals surface area contributed by atoms with Crippen molar-refractivity contribution in [1.82, 2.24) is 24.6 Å². The molecule has 0 radical (unpaired) electrons. The van der Waals surface area contributed by atoms with Gasteiger partial charge < -0.3 is 14.6 Å². The molecule has 0 saturated carbocycles. The number of fused-ring (bicyclic) bond motifs is 1. The van der Waals surface area contributed by atoms with E-state index < -0.39 is 0 Å². The average Bonchev–Trinajstić information content (AvgIpc) is 3.19. The topological polar surface area (TPSA) is 56.9 Å². The second-order valence-electron chi connectivity index (χ2n) is 6.53. The molecule has 136 valence electrons. The van der Waals surface area contributed by atoms with E-state index in [2.05, 4.69) is 15.4 Å². The third kappa shape index (κ3) is 3.15. The summed E-state index contributed by atoms with van der Waals surface area (Å²) in [5, 5.41) is 7.95. The number of benzene rings is 1. The zero-order chi connectivity index (χ0) is 18.1. The summed E-state index contributed by atoms with van der Waals surface area (Å²) >= 11 is 0. The van der Waals surface area contributed by atoms with Gasteiger partial charge in [0, 0.05) is 50.2 Å². The number of ether oxygens (including phenoxy) is 1. The van der Waals surface area contributed by atoms with Crippen molar-refractivity contribution >= 4 is 0 Å². The molecule has 1 N–H and O–H groups in total. The highest BCUT2D eigenvalue weighted by atomic mass is 19.1. The van der Waals surface area contributed by atoms with Gasteiger partial charge in [-0.15, -0.1) is 0 Å². The van der Waals surface area contributed by atoms with Crippen LogP contribution in [0, 0.1) is 12.7 Å². The minimum Gasteiger partial charge on any atom is -0.376 e. The summed E-state index contributed by atoms with van der Waals surface area (Å²) in [6, 6.07) is 5.29. The van der Waals surface area contributed by atoms with Gasteiger partial charge in [-0.3, -0.25) is 4.68 Å². The number of hydrogen-bond acceptors (Lipinski definition) is 4. The normalized spacial score (nSPS) is 13.8. The van der Waals surface area contributed by atoms with Crippen LogP contribution < -0.4 is 5.32 Å². The van der Waals surface area contributed by atoms with E-state index in [9.17, 15) is 4.39 Å². The van der Waals surface area contributed by atoms with E-state index in [0.717, 1.165) is 30.1 Å². The predicted octanol–water partition coefficient (Wildman–Crippen LogP) is 2.42. The van der Waals surface area contributed by atoms with Crippen molar-refractivity contribution < 1.29 is 9.13 Å². The molecule has 0 atom stereocenters. The second-order valence-corrected chi connectivity index (χ2v) is 6.53. The SMILES string of the molecule is Cc1nccn1-c1ccc(CNCc2nn(C)c3c2COCC3)cc1F. The summed E-state index contributed by atoms with van der Waals surface area (Å²) in [5.74, 6) is 0.505. The molecular weight excluding hydrogens is 333 g/mol. The first-order chi connectivity index (χ1) is 12.6. The number of rotatable bonds is 5. The van der Waals surface area contributed by atoms with Crippen molar-refractivity contribution in [3.05, 3.63) is 64.7 Å². The van der Waals surface area contributed by atoms with Crippen LogP contribution >= 0.6 is 0 Å². The molecule has 1 aromatic carbocycles. The molecule has 1 aliphatic rings. The van der Waals surface area contributed by atoms with Crippen LogP contribution in [0.2, 0.25) is 0 Å². The molecule has 0 saturated heterocycles. The molecule has 6 nitrogen and oxygen atoms in total. The van der Waals surface area contributed by atoms with Crippen molar-refractivity contribution in [3.8, 4) is 5.69 Å². The number of nitrogens with one attached hydrogen (secondary N) is 1. The number of nitrogens with zero attached hydrogens (tertiary/aromatic N) is 4. The first-order valence-corrected chi connectivity index (χ1v) is 8.74. The predicted molar refractivity (Wildman–Crippen MR) is 95.4 cm³/mol. The van der Waals surface area contributed by atoms with Crippen LogP contribution in [0.1, 0.15) is 28.3 Å². The monoisotopic (exact) mass is 355 g/mol. The molecule has 2 aromatic heterocycles. The van der Waals surface area contributed by atoms with Gasteiger partial charge in [0.25, 0.3) is 0 Å². The Hall–Kier alpha value is -2.51. The van der Waals surface area contributed by atoms with Gasteiger partial charge in [0.05, 0.1) is 24.6 Å². The summed E-state index contributed by atoms with van der Waals surface area (Å²) in [4.78, 5) is 4.14. The highest BCUT2D eigenvalue weighted by Crippen LogP contribution is 2.20. The maximum Gasteiger partial charge on any atom is 0.147 e. The first-order valence-electron chi connectivity index (χ1n) is 8.74. The zero-order valence-corrected chi connectivity index (χ0v) is 15.0. The van der Waals surface area contributed by atoms with Gasteiger partial charge in [-0.05, 0) is 24.6 Å². The molecular formula is C19H22FN5O. The van der Waals surface area contributed by atoms with Crippen LogP contribution in [0.5, 0.6) is 0 Å². The number of halogens is 1. The standard InChI is InChI=1S/C19H22FN5O/c1-13-22-6-7-25(13)19-4-3-14(9-16(19)20)10-21-11-17-15-12-26-8-5-18(15)24(2)23-17/h3-4,6-7,9,21H,5,8,10-12H2,1-2H3. The van der Waals surface area contributed by atoms with Crippen LogP contribution in [0.15, 0.2) is 30.6 Å². The van der Waals surface area contributed by atoms with E-state index in [0.29, 0.717) is 25.4 Å². The number of aromatic nitrogens is 4. The summed E-state index contributed by atoms with van der Waals surface area (Å²) < 4.78 is 23.7. The Morgan fingerprint density at radius 2 is 2.19 bits per heavy atom. The molecule has 3 aromatic rings. The largest absolute Gasteiger partial charge is 0.376 e. The third-order valence-corrected chi connectivity index (χ3v) is 4.81. The number of aryl methyl sites for hydroxylation is 2. The van der Waals surface area contributed by atoms with Gasteiger partial charge in [0.1, 0.15) is 11.6 Å². The molecule has 26 heavy (non-hydrogen) atoms. The summed E-state index contributed by atoms with van der Waals surface area (Å²) in [7, 11) is 1.97. The van der Waals surface area contributed by atoms with Crippen molar-refractivity contribution in [2.24, 2.45) is 7.05 Å². The Labute approximate surface area is 151 Å². The highest BCUT2D eigenvalue weighted by molar-refractivity contribution is 5.37. The molecule has 0 bridgehead atoms. The van der Waals surface area contributed by atoms with Crippen LogP contribution in [-0.2, 0) is 37.9 Å². The van der Waals surface area contributed by atoms with Gasteiger partial charge in [0.15, 0.2) is 0 Å². The van der Waals surface area contributed by atoms with Crippen LogP contribution in [-0.4, -0.2) is 25.9 Å². The van der Waals surface area contributed by atoms with Gasteiger partial charge in [-0.2, -0.15) is 5.10 Å². The van der Waals surface area contributed by atoms with Gasteiger partial charge >= 0.3 is 0 Å². The third-order valence-electron chi connectivity index (χ3n) is 4.81. The quantitative estimate of drug-likeness (QED) is 0.764. The Balaban J connectivity index is 1.43. The second kappa shape index (κ2) is 7.01. The summed E-state index contributed by atoms with van der Waals surface area (Å²) in [6.45, 7) is 4.43. The molecule has 0 amide bonds. The molecule has 3 heterocycles. The zero-order valence-electron chi connectivity index (χ0n) is 15.0. The smallest absolute Gasteiger partial charge is 0.147 e. The highest BCUT2D eigenvalue weighted by Gasteiger charge is 2.19. The summed E-state index contributed by atoms with van der Waals surface area (Å²) in [5.41, 5.74) is 4.85. The molecule has 1 aliphatic heterocycles. The lowest BCUT2D eigenvalue weighted by atomic mass is 10.1. The fourth-order valence-corrected chi connectivity index (χ4v) is 3.44. The van der Waals surface area contributed by atoms with E-state index in [1.165, 1.54) is 11.3 Å². The molecule has 7 heteroatoms. The summed E-state index contributed by atoms with van der Waals surface area (Å²) in [6.07, 6.45) is 4.33. The van der Waals surface area contributed by atoms with E-state index in [4.69, 9.17) is 4.74 Å². The Bertz CT molecular complexity index is 930. The van der Waals surface area contributed by atoms with Crippen molar-refractivity contribution in [2.45, 2.75) is 33.0 Å². The molecule has 4 rings (SSSR count). The fraction of sp³-hybridized carbons (Fsp3) is 0.368. The fourth-order valence-electron chi connectivity index (χ4n) is 3.44. The minimum atomic E-state index is -0.256. The molecule has 0 unspecified atom stereocenters. The van der Waals surface area contributed by atoms with Gasteiger partial charge in [-0.1, -0.05) is 6.07 Å². The Morgan fingerprint density at radius 3 is 2.96 bits per heavy atom. The maximum absolute atomic E-state index is 14.5. The van der Waals surface area contributed by atoms with Crippen LogP contribution in [0.3, 0.4) is 0 Å². The van der Waals surface area contributed by atoms with Crippen molar-refractivity contribution in [2.75, 3.05) is 6.61 Å². The Kier molecular flexibility index (Phi) is 4.57. The minimum absolute atomic E-state index is 0.256. The lowest BCUT2D eigenvalue weighted by Crippen LogP contribution is -2.16. The van der Waals surface area contributed by atoms with E-state index in [1.54, 1.807) is 29.1 Å². The lowest BCUT2D eigenvalue weighted by Gasteiger charge is -2.14. The van der Waals surface area contributed by atoms with E-state index >= 15 is 0 Å². The molecule has 0 spiro atoms.